The first-order chi connectivity index (χ1) is 14.3. The number of fused-ring (bicyclic) bond motifs is 1. The SMILES string of the molecule is CCOC(=O)/C=C/c1c(C(=CNS(C)(=O)=O)c2ccccc2)c2ccccc2n1C. The zero-order chi connectivity index (χ0) is 21.7. The third-order valence-corrected chi connectivity index (χ3v) is 5.13. The molecule has 2 aromatic carbocycles. The molecule has 0 fully saturated rings. The van der Waals surface area contributed by atoms with E-state index in [1.807, 2.05) is 66.2 Å². The van der Waals surface area contributed by atoms with E-state index in [1.165, 1.54) is 12.3 Å². The highest BCUT2D eigenvalue weighted by atomic mass is 32.2. The van der Waals surface area contributed by atoms with Gasteiger partial charge >= 0.3 is 5.97 Å². The summed E-state index contributed by atoms with van der Waals surface area (Å²) < 4.78 is 33.1. The van der Waals surface area contributed by atoms with Crippen LogP contribution in [-0.2, 0) is 26.6 Å². The molecule has 0 aliphatic heterocycles. The Morgan fingerprint density at radius 3 is 2.43 bits per heavy atom. The molecule has 0 radical (unpaired) electrons. The maximum Gasteiger partial charge on any atom is 0.330 e. The molecule has 0 aliphatic rings. The second-order valence-corrected chi connectivity index (χ2v) is 8.52. The number of para-hydroxylation sites is 1. The molecule has 0 unspecified atom stereocenters. The summed E-state index contributed by atoms with van der Waals surface area (Å²) in [6, 6.07) is 17.3. The summed E-state index contributed by atoms with van der Waals surface area (Å²) in [7, 11) is -1.55. The van der Waals surface area contributed by atoms with Gasteiger partial charge in [-0.05, 0) is 24.6 Å². The Labute approximate surface area is 176 Å². The molecule has 0 amide bonds. The molecule has 1 heterocycles. The van der Waals surface area contributed by atoms with Crippen molar-refractivity contribution >= 4 is 38.5 Å². The number of esters is 1. The number of rotatable bonds is 7. The van der Waals surface area contributed by atoms with Gasteiger partial charge in [0.15, 0.2) is 0 Å². The number of hydrogen-bond donors (Lipinski definition) is 1. The summed E-state index contributed by atoms with van der Waals surface area (Å²) in [5, 5.41) is 0.939. The number of ether oxygens (including phenoxy) is 1. The highest BCUT2D eigenvalue weighted by molar-refractivity contribution is 7.88. The second kappa shape index (κ2) is 9.00. The van der Waals surface area contributed by atoms with Crippen LogP contribution < -0.4 is 4.72 Å². The van der Waals surface area contributed by atoms with Crippen LogP contribution in [-0.4, -0.2) is 31.8 Å². The van der Waals surface area contributed by atoms with Crippen LogP contribution in [0.4, 0.5) is 0 Å². The Bertz CT molecular complexity index is 1220. The highest BCUT2D eigenvalue weighted by Crippen LogP contribution is 2.35. The standard InChI is InChI=1S/C23H24N2O4S/c1-4-29-22(26)15-14-21-23(18-12-8-9-13-20(18)25(21)2)19(16-24-30(3,27)28)17-10-6-5-7-11-17/h5-16,24H,4H2,1-3H3/b15-14+,19-16?. The lowest BCUT2D eigenvalue weighted by Gasteiger charge is -2.11. The van der Waals surface area contributed by atoms with Gasteiger partial charge in [0.2, 0.25) is 10.0 Å². The lowest BCUT2D eigenvalue weighted by Crippen LogP contribution is -2.16. The number of nitrogens with one attached hydrogen (secondary N) is 1. The first-order valence-corrected chi connectivity index (χ1v) is 11.4. The maximum atomic E-state index is 11.9. The largest absolute Gasteiger partial charge is 0.463 e. The molecule has 0 saturated carbocycles. The van der Waals surface area contributed by atoms with Gasteiger partial charge in [-0.25, -0.2) is 13.2 Å². The molecule has 0 saturated heterocycles. The molecule has 0 atom stereocenters. The van der Waals surface area contributed by atoms with Crippen molar-refractivity contribution in [1.29, 1.82) is 0 Å². The number of benzene rings is 2. The average molecular weight is 425 g/mol. The Morgan fingerprint density at radius 2 is 1.77 bits per heavy atom. The number of carbonyl (C=O) groups excluding carboxylic acids is 1. The number of sulfonamides is 1. The summed E-state index contributed by atoms with van der Waals surface area (Å²) in [4.78, 5) is 11.9. The topological polar surface area (TPSA) is 77.4 Å². The molecule has 156 valence electrons. The van der Waals surface area contributed by atoms with Crippen LogP contribution in [0, 0.1) is 0 Å². The second-order valence-electron chi connectivity index (χ2n) is 6.74. The van der Waals surface area contributed by atoms with Gasteiger partial charge in [-0.1, -0.05) is 48.5 Å². The molecule has 1 aromatic heterocycles. The molecule has 7 heteroatoms. The molecular weight excluding hydrogens is 400 g/mol. The van der Waals surface area contributed by atoms with Gasteiger partial charge in [-0.3, -0.25) is 4.72 Å². The maximum absolute atomic E-state index is 11.9. The van der Waals surface area contributed by atoms with E-state index in [4.69, 9.17) is 4.74 Å². The molecule has 0 spiro atoms. The molecule has 3 aromatic rings. The molecule has 6 nitrogen and oxygen atoms in total. The minimum atomic E-state index is -3.45. The quantitative estimate of drug-likeness (QED) is 0.464. The van der Waals surface area contributed by atoms with Crippen molar-refractivity contribution in [3.63, 3.8) is 0 Å². The van der Waals surface area contributed by atoms with E-state index in [0.29, 0.717) is 12.2 Å². The fraction of sp³-hybridized carbons (Fsp3) is 0.174. The van der Waals surface area contributed by atoms with Gasteiger partial charge in [0.05, 0.1) is 12.9 Å². The molecule has 1 N–H and O–H groups in total. The van der Waals surface area contributed by atoms with E-state index in [1.54, 1.807) is 13.0 Å². The molecule has 3 rings (SSSR count). The number of carbonyl (C=O) groups is 1. The number of hydrogen-bond acceptors (Lipinski definition) is 4. The normalized spacial score (nSPS) is 12.4. The van der Waals surface area contributed by atoms with Crippen LogP contribution in [0.3, 0.4) is 0 Å². The van der Waals surface area contributed by atoms with E-state index in [9.17, 15) is 13.2 Å². The first kappa shape index (κ1) is 21.4. The van der Waals surface area contributed by atoms with Crippen molar-refractivity contribution in [2.24, 2.45) is 7.05 Å². The van der Waals surface area contributed by atoms with Gasteiger partial charge in [0.1, 0.15) is 0 Å². The Kier molecular flexibility index (Phi) is 6.42. The average Bonchev–Trinajstić information content (AvgIpc) is 2.99. The Hall–Kier alpha value is -3.32. The predicted molar refractivity (Wildman–Crippen MR) is 120 cm³/mol. The molecule has 0 aliphatic carbocycles. The van der Waals surface area contributed by atoms with Crippen LogP contribution in [0.15, 0.2) is 66.9 Å². The van der Waals surface area contributed by atoms with E-state index in [-0.39, 0.29) is 0 Å². The lowest BCUT2D eigenvalue weighted by molar-refractivity contribution is -0.137. The van der Waals surface area contributed by atoms with Crippen molar-refractivity contribution in [1.82, 2.24) is 9.29 Å². The zero-order valence-electron chi connectivity index (χ0n) is 17.1. The van der Waals surface area contributed by atoms with Crippen LogP contribution in [0.5, 0.6) is 0 Å². The van der Waals surface area contributed by atoms with Crippen molar-refractivity contribution in [3.05, 3.63) is 83.7 Å². The monoisotopic (exact) mass is 424 g/mol. The third-order valence-electron chi connectivity index (χ3n) is 4.59. The zero-order valence-corrected chi connectivity index (χ0v) is 17.9. The van der Waals surface area contributed by atoms with Crippen LogP contribution >= 0.6 is 0 Å². The van der Waals surface area contributed by atoms with Gasteiger partial charge in [-0.2, -0.15) is 0 Å². The fourth-order valence-corrected chi connectivity index (χ4v) is 3.64. The van der Waals surface area contributed by atoms with Crippen molar-refractivity contribution in [3.8, 4) is 0 Å². The van der Waals surface area contributed by atoms with E-state index in [0.717, 1.165) is 34.0 Å². The summed E-state index contributed by atoms with van der Waals surface area (Å²) >= 11 is 0. The van der Waals surface area contributed by atoms with E-state index >= 15 is 0 Å². The smallest absolute Gasteiger partial charge is 0.330 e. The molecule has 30 heavy (non-hydrogen) atoms. The van der Waals surface area contributed by atoms with Crippen molar-refractivity contribution in [2.75, 3.05) is 12.9 Å². The van der Waals surface area contributed by atoms with E-state index in [2.05, 4.69) is 4.72 Å². The van der Waals surface area contributed by atoms with Crippen molar-refractivity contribution < 1.29 is 17.9 Å². The fourth-order valence-electron chi connectivity index (χ4n) is 3.31. The van der Waals surface area contributed by atoms with Gasteiger partial charge in [0.25, 0.3) is 0 Å². The van der Waals surface area contributed by atoms with Gasteiger partial charge in [0, 0.05) is 47.1 Å². The van der Waals surface area contributed by atoms with Gasteiger partial charge < -0.3 is 9.30 Å². The van der Waals surface area contributed by atoms with Crippen molar-refractivity contribution in [2.45, 2.75) is 6.92 Å². The molecular formula is C23H24N2O4S. The minimum absolute atomic E-state index is 0.290. The number of aromatic nitrogens is 1. The minimum Gasteiger partial charge on any atom is -0.463 e. The number of nitrogens with zero attached hydrogens (tertiary/aromatic N) is 1. The predicted octanol–water partition coefficient (Wildman–Crippen LogP) is 3.69. The Balaban J connectivity index is 2.29. The lowest BCUT2D eigenvalue weighted by atomic mass is 9.96. The summed E-state index contributed by atoms with van der Waals surface area (Å²) in [6.07, 6.45) is 5.68. The summed E-state index contributed by atoms with van der Waals surface area (Å²) in [6.45, 7) is 2.04. The molecule has 0 bridgehead atoms. The Morgan fingerprint density at radius 1 is 1.10 bits per heavy atom. The third kappa shape index (κ3) is 4.80. The van der Waals surface area contributed by atoms with Crippen LogP contribution in [0.1, 0.15) is 23.7 Å². The van der Waals surface area contributed by atoms with E-state index < -0.39 is 16.0 Å². The summed E-state index contributed by atoms with van der Waals surface area (Å²) in [5.74, 6) is -0.437. The number of aryl methyl sites for hydroxylation is 1. The summed E-state index contributed by atoms with van der Waals surface area (Å²) in [5.41, 5.74) is 4.07. The highest BCUT2D eigenvalue weighted by Gasteiger charge is 2.19. The van der Waals surface area contributed by atoms with Crippen LogP contribution in [0.25, 0.3) is 22.6 Å². The van der Waals surface area contributed by atoms with Gasteiger partial charge in [-0.15, -0.1) is 0 Å². The van der Waals surface area contributed by atoms with Crippen LogP contribution in [0.2, 0.25) is 0 Å². The first-order valence-electron chi connectivity index (χ1n) is 9.47.